The quantitative estimate of drug-likeness (QED) is 0.574. The number of oxime groups is 1. The molecule has 0 radical (unpaired) electrons. The third-order valence-corrected chi connectivity index (χ3v) is 2.71. The van der Waals surface area contributed by atoms with E-state index in [4.69, 9.17) is 14.3 Å². The first-order chi connectivity index (χ1) is 9.15. The first kappa shape index (κ1) is 16.0. The van der Waals surface area contributed by atoms with Crippen molar-refractivity contribution in [1.82, 2.24) is 0 Å². The van der Waals surface area contributed by atoms with Crippen molar-refractivity contribution in [3.63, 3.8) is 0 Å². The molecule has 0 spiro atoms. The number of ether oxygens (including phenoxy) is 2. The maximum Gasteiger partial charge on any atom is 0.158 e. The van der Waals surface area contributed by atoms with Gasteiger partial charge in [0, 0.05) is 11.6 Å². The van der Waals surface area contributed by atoms with Gasteiger partial charge in [-0.2, -0.15) is 0 Å². The van der Waals surface area contributed by atoms with E-state index in [0.29, 0.717) is 18.1 Å². The highest BCUT2D eigenvalue weighted by Gasteiger charge is 2.04. The zero-order valence-electron chi connectivity index (χ0n) is 11.4. The minimum atomic E-state index is -0.196. The van der Waals surface area contributed by atoms with Crippen LogP contribution >= 0.6 is 15.9 Å². The largest absolute Gasteiger partial charge is 0.361 e. The molecule has 0 aromatic heterocycles. The zero-order valence-corrected chi connectivity index (χ0v) is 13.0. The van der Waals surface area contributed by atoms with Crippen molar-refractivity contribution in [2.75, 3.05) is 13.7 Å². The minimum absolute atomic E-state index is 0.196. The van der Waals surface area contributed by atoms with Gasteiger partial charge in [0.05, 0.1) is 0 Å². The molecule has 0 N–H and O–H groups in total. The molecule has 0 fully saturated rings. The first-order valence-corrected chi connectivity index (χ1v) is 6.88. The third kappa shape index (κ3) is 6.58. The smallest absolute Gasteiger partial charge is 0.158 e. The second kappa shape index (κ2) is 8.92. The van der Waals surface area contributed by atoms with Gasteiger partial charge in [-0.3, -0.25) is 0 Å². The van der Waals surface area contributed by atoms with Crippen molar-refractivity contribution in [2.24, 2.45) is 5.16 Å². The van der Waals surface area contributed by atoms with Crippen molar-refractivity contribution in [1.29, 1.82) is 0 Å². The standard InChI is InChI=1S/C14H18BrNO3/c1-4-6-14(17-3)18-8-5-7-13-10-12(15)9-11(2)19-16-13/h9-10,14H,4,6,8H2,1-3H3. The molecule has 0 bridgehead atoms. The van der Waals surface area contributed by atoms with Gasteiger partial charge < -0.3 is 14.3 Å². The van der Waals surface area contributed by atoms with Crippen LogP contribution in [0.3, 0.4) is 0 Å². The first-order valence-electron chi connectivity index (χ1n) is 6.09. The molecule has 1 rings (SSSR count). The van der Waals surface area contributed by atoms with E-state index < -0.39 is 0 Å². The summed E-state index contributed by atoms with van der Waals surface area (Å²) in [6.45, 7) is 4.21. The number of halogens is 1. The van der Waals surface area contributed by atoms with Crippen molar-refractivity contribution in [3.8, 4) is 11.8 Å². The summed E-state index contributed by atoms with van der Waals surface area (Å²) < 4.78 is 11.5. The molecule has 1 atom stereocenters. The number of hydrogen-bond acceptors (Lipinski definition) is 4. The van der Waals surface area contributed by atoms with E-state index in [2.05, 4.69) is 39.9 Å². The van der Waals surface area contributed by atoms with E-state index >= 15 is 0 Å². The molecular formula is C14H18BrNO3. The minimum Gasteiger partial charge on any atom is -0.361 e. The predicted octanol–water partition coefficient (Wildman–Crippen LogP) is 3.35. The average molecular weight is 328 g/mol. The van der Waals surface area contributed by atoms with Crippen LogP contribution in [0.25, 0.3) is 0 Å². The van der Waals surface area contributed by atoms with Crippen LogP contribution in [0.2, 0.25) is 0 Å². The van der Waals surface area contributed by atoms with Gasteiger partial charge in [-0.05, 0) is 31.4 Å². The van der Waals surface area contributed by atoms with Gasteiger partial charge in [0.2, 0.25) is 0 Å². The molecule has 0 aromatic carbocycles. The topological polar surface area (TPSA) is 40.0 Å². The fourth-order valence-corrected chi connectivity index (χ4v) is 1.90. The highest BCUT2D eigenvalue weighted by atomic mass is 79.9. The summed E-state index contributed by atoms with van der Waals surface area (Å²) in [5.74, 6) is 6.49. The van der Waals surface area contributed by atoms with Gasteiger partial charge in [-0.1, -0.05) is 40.4 Å². The summed E-state index contributed by atoms with van der Waals surface area (Å²) in [4.78, 5) is 5.12. The molecule has 0 saturated heterocycles. The number of methoxy groups -OCH3 is 1. The van der Waals surface area contributed by atoms with Crippen LogP contribution < -0.4 is 0 Å². The molecule has 1 heterocycles. The van der Waals surface area contributed by atoms with Gasteiger partial charge in [-0.25, -0.2) is 0 Å². The number of rotatable bonds is 5. The van der Waals surface area contributed by atoms with Crippen LogP contribution in [0.4, 0.5) is 0 Å². The Labute approximate surface area is 122 Å². The molecule has 0 aliphatic carbocycles. The van der Waals surface area contributed by atoms with Crippen LogP contribution in [-0.2, 0) is 14.3 Å². The monoisotopic (exact) mass is 327 g/mol. The van der Waals surface area contributed by atoms with Gasteiger partial charge in [0.1, 0.15) is 12.4 Å². The predicted molar refractivity (Wildman–Crippen MR) is 78.7 cm³/mol. The molecular weight excluding hydrogens is 310 g/mol. The molecule has 0 amide bonds. The number of hydrogen-bond donors (Lipinski definition) is 0. The SMILES string of the molecule is CCCC(OC)OCC#CC1=NOC(C)=CC(Br)=C1. The lowest BCUT2D eigenvalue weighted by Gasteiger charge is -2.12. The van der Waals surface area contributed by atoms with E-state index in [9.17, 15) is 0 Å². The van der Waals surface area contributed by atoms with Crippen LogP contribution in [-0.4, -0.2) is 25.7 Å². The van der Waals surface area contributed by atoms with Crippen LogP contribution in [0, 0.1) is 11.8 Å². The Balaban J connectivity index is 2.48. The maximum absolute atomic E-state index is 5.46. The van der Waals surface area contributed by atoms with Crippen LogP contribution in [0.5, 0.6) is 0 Å². The molecule has 0 saturated carbocycles. The highest BCUT2D eigenvalue weighted by Crippen LogP contribution is 2.14. The van der Waals surface area contributed by atoms with Crippen molar-refractivity contribution < 1.29 is 14.3 Å². The van der Waals surface area contributed by atoms with Gasteiger partial charge in [0.15, 0.2) is 12.0 Å². The summed E-state index contributed by atoms with van der Waals surface area (Å²) in [5, 5.41) is 3.91. The summed E-state index contributed by atoms with van der Waals surface area (Å²) in [7, 11) is 1.63. The third-order valence-electron chi connectivity index (χ3n) is 2.25. The Bertz CT molecular complexity index is 443. The molecule has 0 aromatic rings. The van der Waals surface area contributed by atoms with Crippen LogP contribution in [0.1, 0.15) is 26.7 Å². The van der Waals surface area contributed by atoms with Crippen molar-refractivity contribution in [3.05, 3.63) is 22.4 Å². The number of allylic oxidation sites excluding steroid dienone is 4. The lowest BCUT2D eigenvalue weighted by molar-refractivity contribution is -0.117. The van der Waals surface area contributed by atoms with Crippen LogP contribution in [0.15, 0.2) is 27.5 Å². The van der Waals surface area contributed by atoms with E-state index in [-0.39, 0.29) is 6.29 Å². The Morgan fingerprint density at radius 3 is 2.95 bits per heavy atom. The van der Waals surface area contributed by atoms with Gasteiger partial charge in [0.25, 0.3) is 0 Å². The second-order valence-electron chi connectivity index (χ2n) is 3.92. The molecule has 1 aliphatic rings. The fraction of sp³-hybridized carbons (Fsp3) is 0.500. The molecule has 19 heavy (non-hydrogen) atoms. The highest BCUT2D eigenvalue weighted by molar-refractivity contribution is 9.11. The Morgan fingerprint density at radius 1 is 1.47 bits per heavy atom. The maximum atomic E-state index is 5.46. The lowest BCUT2D eigenvalue weighted by atomic mass is 10.3. The summed E-state index contributed by atoms with van der Waals surface area (Å²) >= 11 is 3.39. The van der Waals surface area contributed by atoms with Gasteiger partial charge >= 0.3 is 0 Å². The summed E-state index contributed by atoms with van der Waals surface area (Å²) in [6.07, 6.45) is 5.29. The Kier molecular flexibility index (Phi) is 7.49. The molecule has 4 nitrogen and oxygen atoms in total. The molecule has 1 aliphatic heterocycles. The Hall–Kier alpha value is -1.09. The molecule has 104 valence electrons. The van der Waals surface area contributed by atoms with E-state index in [1.807, 2.05) is 13.0 Å². The van der Waals surface area contributed by atoms with Gasteiger partial charge in [-0.15, -0.1) is 0 Å². The second-order valence-corrected chi connectivity index (χ2v) is 4.83. The molecule has 5 heteroatoms. The van der Waals surface area contributed by atoms with E-state index in [1.165, 1.54) is 0 Å². The lowest BCUT2D eigenvalue weighted by Crippen LogP contribution is -2.15. The zero-order chi connectivity index (χ0) is 14.1. The van der Waals surface area contributed by atoms with E-state index in [0.717, 1.165) is 17.3 Å². The molecule has 1 unspecified atom stereocenters. The summed E-state index contributed by atoms with van der Waals surface area (Å²) in [6, 6.07) is 0. The Morgan fingerprint density at radius 2 is 2.26 bits per heavy atom. The average Bonchev–Trinajstić information content (AvgIpc) is 2.54. The van der Waals surface area contributed by atoms with Crippen molar-refractivity contribution in [2.45, 2.75) is 33.0 Å². The normalized spacial score (nSPS) is 16.1. The fourth-order valence-electron chi connectivity index (χ4n) is 1.37. The number of nitrogens with zero attached hydrogens (tertiary/aromatic N) is 1. The van der Waals surface area contributed by atoms with Crippen molar-refractivity contribution >= 4 is 21.6 Å². The van der Waals surface area contributed by atoms with E-state index in [1.54, 1.807) is 13.2 Å². The summed E-state index contributed by atoms with van der Waals surface area (Å²) in [5.41, 5.74) is 0.549.